The highest BCUT2D eigenvalue weighted by Crippen LogP contribution is 2.24. The number of nitrogens with one attached hydrogen (secondary N) is 1. The fourth-order valence-corrected chi connectivity index (χ4v) is 2.15. The molecule has 2 heterocycles. The van der Waals surface area contributed by atoms with Gasteiger partial charge in [-0.15, -0.1) is 0 Å². The molecule has 0 bridgehead atoms. The average Bonchev–Trinajstić information content (AvgIpc) is 2.82. The maximum atomic E-state index is 5.61. The van der Waals surface area contributed by atoms with Gasteiger partial charge in [0.15, 0.2) is 0 Å². The molecule has 0 amide bonds. The van der Waals surface area contributed by atoms with Gasteiger partial charge in [-0.2, -0.15) is 0 Å². The average molecular weight is 260 g/mol. The van der Waals surface area contributed by atoms with Gasteiger partial charge in [-0.05, 0) is 25.5 Å². The molecule has 0 aliphatic carbocycles. The number of aromatic nitrogens is 2. The standard InChI is InChI=1S/C14H20N4O/c1-5-12-13(15-3)16-9-17-14(12)18(4)8-11-7-6-10(2)19-11/h6-7,9H,5,8H2,1-4H3,(H,15,16,17). The van der Waals surface area contributed by atoms with Crippen LogP contribution in [0.5, 0.6) is 0 Å². The second-order valence-corrected chi connectivity index (χ2v) is 4.50. The maximum Gasteiger partial charge on any atom is 0.137 e. The molecule has 0 aromatic carbocycles. The van der Waals surface area contributed by atoms with Gasteiger partial charge in [0, 0.05) is 19.7 Å². The molecular formula is C14H20N4O. The summed E-state index contributed by atoms with van der Waals surface area (Å²) in [6, 6.07) is 3.97. The molecule has 1 N–H and O–H groups in total. The van der Waals surface area contributed by atoms with Crippen LogP contribution in [0.1, 0.15) is 24.0 Å². The second-order valence-electron chi connectivity index (χ2n) is 4.50. The number of rotatable bonds is 5. The second kappa shape index (κ2) is 5.73. The van der Waals surface area contributed by atoms with Gasteiger partial charge in [-0.25, -0.2) is 9.97 Å². The molecule has 2 aromatic heterocycles. The Bertz CT molecular complexity index is 550. The predicted octanol–water partition coefficient (Wildman–Crippen LogP) is 2.62. The molecule has 0 atom stereocenters. The molecule has 2 rings (SSSR count). The third-order valence-corrected chi connectivity index (χ3v) is 3.06. The van der Waals surface area contributed by atoms with E-state index in [4.69, 9.17) is 4.42 Å². The van der Waals surface area contributed by atoms with E-state index in [0.717, 1.165) is 35.1 Å². The van der Waals surface area contributed by atoms with Gasteiger partial charge in [-0.1, -0.05) is 6.92 Å². The number of aryl methyl sites for hydroxylation is 1. The van der Waals surface area contributed by atoms with Crippen LogP contribution in [-0.2, 0) is 13.0 Å². The third kappa shape index (κ3) is 2.86. The van der Waals surface area contributed by atoms with E-state index in [9.17, 15) is 0 Å². The Hall–Kier alpha value is -2.04. The van der Waals surface area contributed by atoms with Crippen LogP contribution in [0.3, 0.4) is 0 Å². The zero-order valence-corrected chi connectivity index (χ0v) is 11.9. The van der Waals surface area contributed by atoms with Gasteiger partial charge in [-0.3, -0.25) is 0 Å². The Kier molecular flexibility index (Phi) is 4.04. The smallest absolute Gasteiger partial charge is 0.137 e. The molecule has 0 fully saturated rings. The lowest BCUT2D eigenvalue weighted by molar-refractivity contribution is 0.481. The fraction of sp³-hybridized carbons (Fsp3) is 0.429. The topological polar surface area (TPSA) is 54.2 Å². The highest BCUT2D eigenvalue weighted by atomic mass is 16.3. The fourth-order valence-electron chi connectivity index (χ4n) is 2.15. The summed E-state index contributed by atoms with van der Waals surface area (Å²) in [5, 5.41) is 3.11. The van der Waals surface area contributed by atoms with Crippen molar-refractivity contribution in [3.63, 3.8) is 0 Å². The van der Waals surface area contributed by atoms with Crippen LogP contribution in [0.4, 0.5) is 11.6 Å². The highest BCUT2D eigenvalue weighted by molar-refractivity contribution is 5.58. The van der Waals surface area contributed by atoms with Crippen molar-refractivity contribution in [3.05, 3.63) is 35.5 Å². The number of hydrogen-bond donors (Lipinski definition) is 1. The SMILES string of the molecule is CCc1c(NC)ncnc1N(C)Cc1ccc(C)o1. The zero-order chi connectivity index (χ0) is 13.8. The van der Waals surface area contributed by atoms with Crippen molar-refractivity contribution in [2.75, 3.05) is 24.3 Å². The monoisotopic (exact) mass is 260 g/mol. The van der Waals surface area contributed by atoms with Crippen LogP contribution in [0.2, 0.25) is 0 Å². The molecule has 0 aliphatic rings. The van der Waals surface area contributed by atoms with Crippen molar-refractivity contribution in [3.8, 4) is 0 Å². The quantitative estimate of drug-likeness (QED) is 0.895. The Morgan fingerprint density at radius 2 is 2.11 bits per heavy atom. The predicted molar refractivity (Wildman–Crippen MR) is 76.5 cm³/mol. The molecule has 0 saturated carbocycles. The number of furan rings is 1. The van der Waals surface area contributed by atoms with E-state index in [1.807, 2.05) is 33.2 Å². The van der Waals surface area contributed by atoms with E-state index < -0.39 is 0 Å². The molecule has 0 unspecified atom stereocenters. The van der Waals surface area contributed by atoms with E-state index in [1.54, 1.807) is 6.33 Å². The Morgan fingerprint density at radius 3 is 2.68 bits per heavy atom. The van der Waals surface area contributed by atoms with Crippen LogP contribution in [0.25, 0.3) is 0 Å². The van der Waals surface area contributed by atoms with Gasteiger partial charge in [0.05, 0.1) is 6.54 Å². The minimum Gasteiger partial charge on any atom is -0.464 e. The van der Waals surface area contributed by atoms with Crippen molar-refractivity contribution in [1.82, 2.24) is 9.97 Å². The van der Waals surface area contributed by atoms with Crippen molar-refractivity contribution < 1.29 is 4.42 Å². The van der Waals surface area contributed by atoms with Crippen LogP contribution < -0.4 is 10.2 Å². The first-order valence-corrected chi connectivity index (χ1v) is 6.43. The van der Waals surface area contributed by atoms with Crippen molar-refractivity contribution in [1.29, 1.82) is 0 Å². The van der Waals surface area contributed by atoms with Gasteiger partial charge in [0.2, 0.25) is 0 Å². The van der Waals surface area contributed by atoms with E-state index in [0.29, 0.717) is 6.54 Å². The van der Waals surface area contributed by atoms with E-state index >= 15 is 0 Å². The van der Waals surface area contributed by atoms with Gasteiger partial charge < -0.3 is 14.6 Å². The normalized spacial score (nSPS) is 10.5. The molecule has 0 spiro atoms. The van der Waals surface area contributed by atoms with E-state index in [-0.39, 0.29) is 0 Å². The summed E-state index contributed by atoms with van der Waals surface area (Å²) in [4.78, 5) is 10.7. The summed E-state index contributed by atoms with van der Waals surface area (Å²) in [6.07, 6.45) is 2.47. The number of hydrogen-bond acceptors (Lipinski definition) is 5. The molecular weight excluding hydrogens is 240 g/mol. The summed E-state index contributed by atoms with van der Waals surface area (Å²) in [6.45, 7) is 4.75. The Morgan fingerprint density at radius 1 is 1.32 bits per heavy atom. The minimum absolute atomic E-state index is 0.695. The summed E-state index contributed by atoms with van der Waals surface area (Å²) in [7, 11) is 3.89. The molecule has 5 heteroatoms. The lowest BCUT2D eigenvalue weighted by Gasteiger charge is -2.20. The first-order chi connectivity index (χ1) is 9.15. The number of anilines is 2. The van der Waals surface area contributed by atoms with Gasteiger partial charge in [0.25, 0.3) is 0 Å². The van der Waals surface area contributed by atoms with Gasteiger partial charge in [0.1, 0.15) is 29.5 Å². The number of nitrogens with zero attached hydrogens (tertiary/aromatic N) is 3. The Balaban J connectivity index is 2.25. The van der Waals surface area contributed by atoms with E-state index in [2.05, 4.69) is 27.1 Å². The van der Waals surface area contributed by atoms with E-state index in [1.165, 1.54) is 0 Å². The van der Waals surface area contributed by atoms with Crippen LogP contribution in [0, 0.1) is 6.92 Å². The van der Waals surface area contributed by atoms with Crippen molar-refractivity contribution >= 4 is 11.6 Å². The summed E-state index contributed by atoms with van der Waals surface area (Å²) in [5.41, 5.74) is 1.12. The molecule has 0 saturated heterocycles. The summed E-state index contributed by atoms with van der Waals surface area (Å²) >= 11 is 0. The molecule has 0 radical (unpaired) electrons. The van der Waals surface area contributed by atoms with Crippen molar-refractivity contribution in [2.24, 2.45) is 0 Å². The first kappa shape index (κ1) is 13.4. The minimum atomic E-state index is 0.695. The Labute approximate surface area is 113 Å². The first-order valence-electron chi connectivity index (χ1n) is 6.43. The van der Waals surface area contributed by atoms with Crippen LogP contribution in [0.15, 0.2) is 22.9 Å². The maximum absolute atomic E-state index is 5.61. The molecule has 102 valence electrons. The molecule has 2 aromatic rings. The summed E-state index contributed by atoms with van der Waals surface area (Å²) in [5.74, 6) is 3.69. The van der Waals surface area contributed by atoms with Crippen LogP contribution in [-0.4, -0.2) is 24.1 Å². The molecule has 0 aliphatic heterocycles. The van der Waals surface area contributed by atoms with Crippen molar-refractivity contribution in [2.45, 2.75) is 26.8 Å². The molecule has 19 heavy (non-hydrogen) atoms. The molecule has 5 nitrogen and oxygen atoms in total. The largest absolute Gasteiger partial charge is 0.464 e. The highest BCUT2D eigenvalue weighted by Gasteiger charge is 2.14. The van der Waals surface area contributed by atoms with Gasteiger partial charge >= 0.3 is 0 Å². The third-order valence-electron chi connectivity index (χ3n) is 3.06. The van der Waals surface area contributed by atoms with Crippen LogP contribution >= 0.6 is 0 Å². The lowest BCUT2D eigenvalue weighted by atomic mass is 10.2. The zero-order valence-electron chi connectivity index (χ0n) is 11.9. The lowest BCUT2D eigenvalue weighted by Crippen LogP contribution is -2.20. The summed E-state index contributed by atoms with van der Waals surface area (Å²) < 4.78 is 5.61.